The SMILES string of the molecule is [2H]C([2H])([2H])N1C=c2cccc(OC(F)F)c2=C2C[C@@H]1c1nc3ccc(C#CCCl)cc3n12. The fraction of sp³-hybridized carbons (Fsp3) is 0.227. The van der Waals surface area contributed by atoms with Gasteiger partial charge in [0.1, 0.15) is 11.6 Å². The molecule has 1 aromatic heterocycles. The molecule has 2 aliphatic rings. The van der Waals surface area contributed by atoms with E-state index in [4.69, 9.17) is 25.4 Å². The van der Waals surface area contributed by atoms with E-state index < -0.39 is 19.6 Å². The Morgan fingerprint density at radius 3 is 3.07 bits per heavy atom. The van der Waals surface area contributed by atoms with Crippen molar-refractivity contribution in [3.05, 3.63) is 58.2 Å². The largest absolute Gasteiger partial charge is 0.434 e. The van der Waals surface area contributed by atoms with Crippen LogP contribution in [0.4, 0.5) is 8.78 Å². The van der Waals surface area contributed by atoms with Crippen LogP contribution in [0.3, 0.4) is 0 Å². The first-order chi connectivity index (χ1) is 15.3. The number of hydrogen-bond donors (Lipinski definition) is 0. The molecule has 0 fully saturated rings. The molecule has 7 heteroatoms. The third-order valence-electron chi connectivity index (χ3n) is 5.11. The van der Waals surface area contributed by atoms with Crippen molar-refractivity contribution in [2.75, 3.05) is 12.9 Å². The molecule has 2 aromatic carbocycles. The van der Waals surface area contributed by atoms with E-state index in [0.717, 1.165) is 5.56 Å². The first-order valence-electron chi connectivity index (χ1n) is 10.4. The summed E-state index contributed by atoms with van der Waals surface area (Å²) in [7, 11) is 0. The molecule has 0 saturated carbocycles. The summed E-state index contributed by atoms with van der Waals surface area (Å²) in [6.07, 6.45) is 1.76. The number of hydrogen-bond acceptors (Lipinski definition) is 3. The van der Waals surface area contributed by atoms with Crippen LogP contribution < -0.4 is 15.2 Å². The molecule has 2 bridgehead atoms. The van der Waals surface area contributed by atoms with E-state index in [0.29, 0.717) is 33.0 Å². The van der Waals surface area contributed by atoms with E-state index in [1.807, 2.05) is 16.7 Å². The van der Waals surface area contributed by atoms with E-state index in [1.54, 1.807) is 18.2 Å². The molecule has 0 radical (unpaired) electrons. The predicted octanol–water partition coefficient (Wildman–Crippen LogP) is 3.01. The molecule has 2 aliphatic heterocycles. The fourth-order valence-corrected chi connectivity index (χ4v) is 4.08. The lowest BCUT2D eigenvalue weighted by Crippen LogP contribution is -2.32. The van der Waals surface area contributed by atoms with Crippen LogP contribution in [0.15, 0.2) is 36.4 Å². The Bertz CT molecular complexity index is 1420. The quantitative estimate of drug-likeness (QED) is 0.477. The smallest absolute Gasteiger partial charge is 0.387 e. The van der Waals surface area contributed by atoms with Gasteiger partial charge in [-0.2, -0.15) is 8.78 Å². The Morgan fingerprint density at radius 1 is 1.38 bits per heavy atom. The van der Waals surface area contributed by atoms with Gasteiger partial charge >= 0.3 is 6.61 Å². The molecule has 0 unspecified atom stereocenters. The van der Waals surface area contributed by atoms with Gasteiger partial charge in [0, 0.05) is 45.4 Å². The summed E-state index contributed by atoms with van der Waals surface area (Å²) in [4.78, 5) is 5.96. The van der Waals surface area contributed by atoms with Crippen LogP contribution >= 0.6 is 11.6 Å². The van der Waals surface area contributed by atoms with Gasteiger partial charge in [0.2, 0.25) is 0 Å². The summed E-state index contributed by atoms with van der Waals surface area (Å²) >= 11 is 5.67. The van der Waals surface area contributed by atoms with Gasteiger partial charge in [-0.25, -0.2) is 4.98 Å². The second kappa shape index (κ2) is 6.78. The van der Waals surface area contributed by atoms with E-state index in [9.17, 15) is 8.78 Å². The van der Waals surface area contributed by atoms with Crippen molar-refractivity contribution in [3.8, 4) is 17.6 Å². The molecule has 0 spiro atoms. The molecule has 0 amide bonds. The molecular formula is C22H16ClF2N3O. The zero-order chi connectivity index (χ0) is 22.6. The van der Waals surface area contributed by atoms with Crippen molar-refractivity contribution >= 4 is 34.5 Å². The molecule has 0 aliphatic carbocycles. The Kier molecular flexibility index (Phi) is 3.48. The first-order valence-corrected chi connectivity index (χ1v) is 9.46. The molecule has 3 aromatic rings. The highest BCUT2D eigenvalue weighted by atomic mass is 35.5. The zero-order valence-corrected chi connectivity index (χ0v) is 15.8. The van der Waals surface area contributed by atoms with Gasteiger partial charge in [-0.05, 0) is 24.3 Å². The van der Waals surface area contributed by atoms with Crippen molar-refractivity contribution in [1.29, 1.82) is 0 Å². The van der Waals surface area contributed by atoms with Gasteiger partial charge in [-0.1, -0.05) is 24.0 Å². The third kappa shape index (κ3) is 2.85. The lowest BCUT2D eigenvalue weighted by molar-refractivity contribution is -0.0505. The number of halogens is 3. The molecule has 1 atom stereocenters. The Hall–Kier alpha value is -3.04. The lowest BCUT2D eigenvalue weighted by atomic mass is 10.1. The minimum atomic E-state index is -3.02. The summed E-state index contributed by atoms with van der Waals surface area (Å²) in [5, 5.41) is 0.919. The summed E-state index contributed by atoms with van der Waals surface area (Å²) in [6, 6.07) is 9.58. The average molecular weight is 415 g/mol. The highest BCUT2D eigenvalue weighted by Crippen LogP contribution is 2.40. The molecule has 0 N–H and O–H groups in total. The molecule has 146 valence electrons. The minimum absolute atomic E-state index is 0.0114. The maximum absolute atomic E-state index is 13.2. The van der Waals surface area contributed by atoms with Gasteiger partial charge in [-0.15, -0.1) is 11.6 Å². The maximum Gasteiger partial charge on any atom is 0.387 e. The monoisotopic (exact) mass is 414 g/mol. The highest BCUT2D eigenvalue weighted by Gasteiger charge is 2.35. The summed E-state index contributed by atoms with van der Waals surface area (Å²) in [5.74, 6) is 6.48. The van der Waals surface area contributed by atoms with Crippen LogP contribution in [-0.4, -0.2) is 33.9 Å². The van der Waals surface area contributed by atoms with Gasteiger partial charge in [-0.3, -0.25) is 4.57 Å². The minimum Gasteiger partial charge on any atom is -0.434 e. The number of nitrogens with zero attached hydrogens (tertiary/aromatic N) is 3. The molecular weight excluding hydrogens is 396 g/mol. The lowest BCUT2D eigenvalue weighted by Gasteiger charge is -2.20. The second-order valence-electron chi connectivity index (χ2n) is 6.75. The number of imidazole rings is 1. The van der Waals surface area contributed by atoms with Crippen molar-refractivity contribution in [1.82, 2.24) is 14.5 Å². The van der Waals surface area contributed by atoms with Crippen LogP contribution in [0.25, 0.3) is 22.9 Å². The van der Waals surface area contributed by atoms with Gasteiger partial charge in [0.05, 0.1) is 23.0 Å². The van der Waals surface area contributed by atoms with E-state index in [2.05, 4.69) is 11.8 Å². The number of fused-ring (bicyclic) bond motifs is 8. The zero-order valence-electron chi connectivity index (χ0n) is 18.0. The number of alkyl halides is 3. The summed E-state index contributed by atoms with van der Waals surface area (Å²) in [6.45, 7) is -5.47. The van der Waals surface area contributed by atoms with Crippen LogP contribution in [-0.2, 0) is 0 Å². The Labute approximate surface area is 174 Å². The topological polar surface area (TPSA) is 30.3 Å². The summed E-state index contributed by atoms with van der Waals surface area (Å²) < 4.78 is 57.2. The van der Waals surface area contributed by atoms with Crippen molar-refractivity contribution < 1.29 is 17.6 Å². The van der Waals surface area contributed by atoms with E-state index >= 15 is 0 Å². The van der Waals surface area contributed by atoms with Gasteiger partial charge in [0.15, 0.2) is 0 Å². The van der Waals surface area contributed by atoms with Crippen molar-refractivity contribution in [2.24, 2.45) is 0 Å². The van der Waals surface area contributed by atoms with Crippen molar-refractivity contribution in [2.45, 2.75) is 19.1 Å². The standard InChI is InChI=1S/C22H16ClF2N3O/c1-27-12-14-5-2-6-19(29-22(24)25)20(14)17-11-18(27)21-26-15-8-7-13(4-3-9-23)10-16(15)28(17)21/h2,5-8,10,12,18,22H,9,11H2,1H3/t18-/m1/s1/i1D3. The molecule has 0 saturated heterocycles. The predicted molar refractivity (Wildman–Crippen MR) is 108 cm³/mol. The van der Waals surface area contributed by atoms with Crippen LogP contribution in [0.2, 0.25) is 0 Å². The summed E-state index contributed by atoms with van der Waals surface area (Å²) in [5.41, 5.74) is 2.74. The maximum atomic E-state index is 13.2. The fourth-order valence-electron chi connectivity index (χ4n) is 4.02. The van der Waals surface area contributed by atoms with Gasteiger partial charge < -0.3 is 9.64 Å². The van der Waals surface area contributed by atoms with Gasteiger partial charge in [0.25, 0.3) is 0 Å². The van der Waals surface area contributed by atoms with Crippen LogP contribution in [0.5, 0.6) is 5.75 Å². The molecule has 3 heterocycles. The Balaban J connectivity index is 1.89. The number of rotatable bonds is 2. The number of aromatic nitrogens is 2. The second-order valence-corrected chi connectivity index (χ2v) is 7.01. The highest BCUT2D eigenvalue weighted by molar-refractivity contribution is 6.19. The normalized spacial score (nSPS) is 18.8. The molecule has 5 rings (SSSR count). The molecule has 29 heavy (non-hydrogen) atoms. The van der Waals surface area contributed by atoms with Crippen molar-refractivity contribution in [3.63, 3.8) is 0 Å². The third-order valence-corrected chi connectivity index (χ3v) is 5.25. The first kappa shape index (κ1) is 14.9. The van der Waals surface area contributed by atoms with E-state index in [-0.39, 0.29) is 18.1 Å². The Morgan fingerprint density at radius 2 is 2.28 bits per heavy atom. The number of ether oxygens (including phenoxy) is 1. The number of benzene rings is 2. The van der Waals surface area contributed by atoms with Crippen LogP contribution in [0, 0.1) is 11.8 Å². The average Bonchev–Trinajstić information content (AvgIpc) is 3.19. The van der Waals surface area contributed by atoms with E-state index in [1.165, 1.54) is 17.2 Å². The van der Waals surface area contributed by atoms with Crippen LogP contribution in [0.1, 0.15) is 28.0 Å². The molecule has 4 nitrogen and oxygen atoms in total.